The summed E-state index contributed by atoms with van der Waals surface area (Å²) in [7, 11) is 0. The molecule has 21 heavy (non-hydrogen) atoms. The van der Waals surface area contributed by atoms with Crippen LogP contribution in [0, 0.1) is 21.4 Å². The molecule has 0 heterocycles. The summed E-state index contributed by atoms with van der Waals surface area (Å²) in [6, 6.07) is 2.61. The molecule has 1 aromatic carbocycles. The SMILES string of the molecule is CCOC(=O)c1cc(C#N)c([N+](=O)[O-])c(OC(F)(F)F)c1. The Morgan fingerprint density at radius 3 is 2.52 bits per heavy atom. The number of alkyl halides is 3. The van der Waals surface area contributed by atoms with Gasteiger partial charge in [-0.05, 0) is 13.0 Å². The lowest BCUT2D eigenvalue weighted by Gasteiger charge is -2.11. The van der Waals surface area contributed by atoms with Crippen LogP contribution in [0.2, 0.25) is 0 Å². The molecule has 0 aromatic heterocycles. The van der Waals surface area contributed by atoms with Gasteiger partial charge in [0.15, 0.2) is 0 Å². The van der Waals surface area contributed by atoms with Crippen molar-refractivity contribution in [2.24, 2.45) is 0 Å². The lowest BCUT2D eigenvalue weighted by molar-refractivity contribution is -0.388. The van der Waals surface area contributed by atoms with Crippen LogP contribution in [0.5, 0.6) is 5.75 Å². The molecule has 0 aliphatic rings. The summed E-state index contributed by atoms with van der Waals surface area (Å²) in [6.07, 6.45) is -5.22. The maximum absolute atomic E-state index is 12.3. The number of nitro benzene ring substituents is 1. The van der Waals surface area contributed by atoms with Gasteiger partial charge in [-0.2, -0.15) is 5.26 Å². The molecule has 1 rings (SSSR count). The zero-order chi connectivity index (χ0) is 16.2. The zero-order valence-corrected chi connectivity index (χ0v) is 10.4. The van der Waals surface area contributed by atoms with Crippen molar-refractivity contribution in [2.75, 3.05) is 6.61 Å². The fourth-order valence-corrected chi connectivity index (χ4v) is 1.42. The molecule has 0 spiro atoms. The van der Waals surface area contributed by atoms with Crippen molar-refractivity contribution >= 4 is 11.7 Å². The number of benzene rings is 1. The van der Waals surface area contributed by atoms with Crippen molar-refractivity contribution in [3.8, 4) is 11.8 Å². The third-order valence-corrected chi connectivity index (χ3v) is 2.11. The summed E-state index contributed by atoms with van der Waals surface area (Å²) < 4.78 is 44.8. The van der Waals surface area contributed by atoms with Crippen molar-refractivity contribution < 1.29 is 32.4 Å². The van der Waals surface area contributed by atoms with Crippen molar-refractivity contribution in [3.63, 3.8) is 0 Å². The van der Waals surface area contributed by atoms with E-state index in [0.717, 1.165) is 6.07 Å². The van der Waals surface area contributed by atoms with E-state index in [2.05, 4.69) is 9.47 Å². The van der Waals surface area contributed by atoms with E-state index >= 15 is 0 Å². The Bertz CT molecular complexity index is 622. The number of carbonyl (C=O) groups excluding carboxylic acids is 1. The number of ether oxygens (including phenoxy) is 2. The number of hydrogen-bond donors (Lipinski definition) is 0. The molecule has 0 radical (unpaired) electrons. The summed E-state index contributed by atoms with van der Waals surface area (Å²) in [5.41, 5.74) is -2.38. The molecule has 10 heteroatoms. The van der Waals surface area contributed by atoms with Gasteiger partial charge in [0.2, 0.25) is 5.75 Å². The summed E-state index contributed by atoms with van der Waals surface area (Å²) >= 11 is 0. The molecule has 0 unspecified atom stereocenters. The van der Waals surface area contributed by atoms with Crippen molar-refractivity contribution in [1.29, 1.82) is 5.26 Å². The second-order valence-corrected chi connectivity index (χ2v) is 3.51. The Labute approximate surface area is 115 Å². The monoisotopic (exact) mass is 304 g/mol. The number of esters is 1. The number of hydrogen-bond acceptors (Lipinski definition) is 6. The van der Waals surface area contributed by atoms with Crippen LogP contribution < -0.4 is 4.74 Å². The normalized spacial score (nSPS) is 10.6. The minimum atomic E-state index is -5.22. The minimum Gasteiger partial charge on any atom is -0.462 e. The molecule has 0 N–H and O–H groups in total. The molecule has 0 saturated heterocycles. The Morgan fingerprint density at radius 2 is 2.10 bits per heavy atom. The first-order chi connectivity index (χ1) is 9.69. The molecule has 0 bridgehead atoms. The first kappa shape index (κ1) is 16.2. The van der Waals surface area contributed by atoms with Crippen LogP contribution in [0.4, 0.5) is 18.9 Å². The molecule has 0 aliphatic carbocycles. The van der Waals surface area contributed by atoms with Gasteiger partial charge in [0.05, 0.1) is 17.1 Å². The minimum absolute atomic E-state index is 0.0623. The Kier molecular flexibility index (Phi) is 4.70. The molecule has 0 aliphatic heterocycles. The second kappa shape index (κ2) is 6.08. The second-order valence-electron chi connectivity index (χ2n) is 3.51. The van der Waals surface area contributed by atoms with Crippen LogP contribution in [-0.4, -0.2) is 23.9 Å². The molecular formula is C11H7F3N2O5. The molecule has 0 atom stereocenters. The van der Waals surface area contributed by atoms with E-state index in [9.17, 15) is 28.1 Å². The topological polar surface area (TPSA) is 102 Å². The highest BCUT2D eigenvalue weighted by molar-refractivity contribution is 5.91. The van der Waals surface area contributed by atoms with E-state index in [-0.39, 0.29) is 6.61 Å². The Hall–Kier alpha value is -2.83. The van der Waals surface area contributed by atoms with Gasteiger partial charge in [0, 0.05) is 6.07 Å². The first-order valence-electron chi connectivity index (χ1n) is 5.35. The predicted molar refractivity (Wildman–Crippen MR) is 60.5 cm³/mol. The van der Waals surface area contributed by atoms with Crippen LogP contribution in [0.25, 0.3) is 0 Å². The number of carbonyl (C=O) groups is 1. The molecule has 7 nitrogen and oxygen atoms in total. The van der Waals surface area contributed by atoms with Gasteiger partial charge in [0.1, 0.15) is 11.6 Å². The Balaban J connectivity index is 3.49. The van der Waals surface area contributed by atoms with Crippen molar-refractivity contribution in [1.82, 2.24) is 0 Å². The average Bonchev–Trinajstić information content (AvgIpc) is 2.35. The Morgan fingerprint density at radius 1 is 1.48 bits per heavy atom. The van der Waals surface area contributed by atoms with Gasteiger partial charge < -0.3 is 9.47 Å². The van der Waals surface area contributed by atoms with Crippen molar-refractivity contribution in [3.05, 3.63) is 33.4 Å². The summed E-state index contributed by atoms with van der Waals surface area (Å²) in [5.74, 6) is -2.29. The molecule has 112 valence electrons. The highest BCUT2D eigenvalue weighted by Gasteiger charge is 2.36. The first-order valence-corrected chi connectivity index (χ1v) is 5.35. The standard InChI is InChI=1S/C11H7F3N2O5/c1-2-20-10(17)6-3-7(5-15)9(16(18)19)8(4-6)21-11(12,13)14/h3-4H,2H2,1H3. The quantitative estimate of drug-likeness (QED) is 0.481. The smallest absolute Gasteiger partial charge is 0.462 e. The van der Waals surface area contributed by atoms with E-state index in [1.165, 1.54) is 13.0 Å². The lowest BCUT2D eigenvalue weighted by Crippen LogP contribution is -2.19. The van der Waals surface area contributed by atoms with Crippen LogP contribution in [0.15, 0.2) is 12.1 Å². The van der Waals surface area contributed by atoms with Gasteiger partial charge in [-0.3, -0.25) is 10.1 Å². The molecule has 0 fully saturated rings. The third-order valence-electron chi connectivity index (χ3n) is 2.11. The highest BCUT2D eigenvalue weighted by Crippen LogP contribution is 2.36. The van der Waals surface area contributed by atoms with Crippen LogP contribution in [0.1, 0.15) is 22.8 Å². The maximum atomic E-state index is 12.3. The number of nitrogens with zero attached hydrogens (tertiary/aromatic N) is 2. The molecule has 0 saturated carbocycles. The van der Waals surface area contributed by atoms with E-state index in [4.69, 9.17) is 5.26 Å². The lowest BCUT2D eigenvalue weighted by atomic mass is 10.1. The highest BCUT2D eigenvalue weighted by atomic mass is 19.4. The number of halogens is 3. The third kappa shape index (κ3) is 4.07. The van der Waals surface area contributed by atoms with E-state index < -0.39 is 39.8 Å². The van der Waals surface area contributed by atoms with Crippen LogP contribution in [-0.2, 0) is 4.74 Å². The summed E-state index contributed by atoms with van der Waals surface area (Å²) in [6.45, 7) is 1.40. The van der Waals surface area contributed by atoms with Crippen LogP contribution in [0.3, 0.4) is 0 Å². The van der Waals surface area contributed by atoms with Gasteiger partial charge in [-0.25, -0.2) is 4.79 Å². The van der Waals surface area contributed by atoms with Crippen LogP contribution >= 0.6 is 0 Å². The number of nitriles is 1. The molecule has 0 amide bonds. The fraction of sp³-hybridized carbons (Fsp3) is 0.273. The summed E-state index contributed by atoms with van der Waals surface area (Å²) in [5, 5.41) is 19.6. The van der Waals surface area contributed by atoms with E-state index in [0.29, 0.717) is 6.07 Å². The van der Waals surface area contributed by atoms with Gasteiger partial charge in [-0.1, -0.05) is 0 Å². The zero-order valence-electron chi connectivity index (χ0n) is 10.4. The number of nitro groups is 1. The number of rotatable bonds is 4. The van der Waals surface area contributed by atoms with Crippen molar-refractivity contribution in [2.45, 2.75) is 13.3 Å². The average molecular weight is 304 g/mol. The van der Waals surface area contributed by atoms with Gasteiger partial charge in [0.25, 0.3) is 0 Å². The van der Waals surface area contributed by atoms with Gasteiger partial charge in [-0.15, -0.1) is 13.2 Å². The van der Waals surface area contributed by atoms with E-state index in [1.807, 2.05) is 0 Å². The fourth-order valence-electron chi connectivity index (χ4n) is 1.42. The maximum Gasteiger partial charge on any atom is 0.573 e. The van der Waals surface area contributed by atoms with Gasteiger partial charge >= 0.3 is 18.0 Å². The molecular weight excluding hydrogens is 297 g/mol. The van der Waals surface area contributed by atoms with E-state index in [1.54, 1.807) is 0 Å². The largest absolute Gasteiger partial charge is 0.573 e. The predicted octanol–water partition coefficient (Wildman–Crippen LogP) is 2.54. The summed E-state index contributed by atoms with van der Waals surface area (Å²) in [4.78, 5) is 21.1. The molecule has 1 aromatic rings.